The molecular formula is C17H21NOS. The maximum absolute atomic E-state index is 12.5. The second-order valence-electron chi connectivity index (χ2n) is 5.11. The van der Waals surface area contributed by atoms with Crippen LogP contribution in [0.2, 0.25) is 0 Å². The van der Waals surface area contributed by atoms with Crippen molar-refractivity contribution in [3.05, 3.63) is 57.8 Å². The van der Waals surface area contributed by atoms with Gasteiger partial charge in [0.2, 0.25) is 5.91 Å². The van der Waals surface area contributed by atoms with Crippen molar-refractivity contribution in [1.29, 1.82) is 0 Å². The smallest absolute Gasteiger partial charge is 0.227 e. The zero-order chi connectivity index (χ0) is 14.4. The molecule has 2 rings (SSSR count). The van der Waals surface area contributed by atoms with Crippen LogP contribution < -0.4 is 0 Å². The molecule has 0 aliphatic heterocycles. The largest absolute Gasteiger partial charge is 0.338 e. The summed E-state index contributed by atoms with van der Waals surface area (Å²) in [5.74, 6) is 0.212. The summed E-state index contributed by atoms with van der Waals surface area (Å²) in [7, 11) is 0. The molecule has 1 heterocycles. The van der Waals surface area contributed by atoms with E-state index in [2.05, 4.69) is 42.8 Å². The van der Waals surface area contributed by atoms with Crippen LogP contribution >= 0.6 is 11.3 Å². The summed E-state index contributed by atoms with van der Waals surface area (Å²) in [4.78, 5) is 14.4. The Balaban J connectivity index is 2.03. The average Bonchev–Trinajstić information content (AvgIpc) is 2.91. The molecule has 2 nitrogen and oxygen atoms in total. The minimum atomic E-state index is 0.212. The first-order valence-corrected chi connectivity index (χ1v) is 7.97. The number of hydrogen-bond donors (Lipinski definition) is 0. The molecule has 0 aliphatic rings. The molecule has 0 fully saturated rings. The Bertz CT molecular complexity index is 548. The quantitative estimate of drug-likeness (QED) is 0.785. The summed E-state index contributed by atoms with van der Waals surface area (Å²) in [5, 5.41) is 4.17. The van der Waals surface area contributed by atoms with E-state index in [0.29, 0.717) is 6.42 Å². The van der Waals surface area contributed by atoms with Crippen LogP contribution in [0.25, 0.3) is 0 Å². The normalized spacial score (nSPS) is 10.5. The van der Waals surface area contributed by atoms with Gasteiger partial charge in [-0.2, -0.15) is 11.3 Å². The Kier molecular flexibility index (Phi) is 5.36. The minimum Gasteiger partial charge on any atom is -0.338 e. The fraction of sp³-hybridized carbons (Fsp3) is 0.353. The second-order valence-corrected chi connectivity index (χ2v) is 5.89. The molecule has 0 N–H and O–H groups in total. The Morgan fingerprint density at radius 2 is 2.10 bits per heavy atom. The lowest BCUT2D eigenvalue weighted by molar-refractivity contribution is -0.131. The van der Waals surface area contributed by atoms with E-state index in [0.717, 1.165) is 25.1 Å². The van der Waals surface area contributed by atoms with Crippen LogP contribution in [0, 0.1) is 6.92 Å². The predicted octanol–water partition coefficient (Wildman–Crippen LogP) is 4.04. The third-order valence-electron chi connectivity index (χ3n) is 3.24. The molecule has 0 atom stereocenters. The van der Waals surface area contributed by atoms with E-state index in [1.54, 1.807) is 11.3 Å². The molecule has 0 radical (unpaired) electrons. The van der Waals surface area contributed by atoms with Crippen molar-refractivity contribution >= 4 is 17.2 Å². The van der Waals surface area contributed by atoms with Crippen molar-refractivity contribution in [1.82, 2.24) is 4.90 Å². The van der Waals surface area contributed by atoms with Gasteiger partial charge < -0.3 is 4.90 Å². The molecule has 106 valence electrons. The van der Waals surface area contributed by atoms with Crippen molar-refractivity contribution in [2.75, 3.05) is 6.54 Å². The number of carbonyl (C=O) groups excluding carboxylic acids is 1. The number of thiophene rings is 1. The standard InChI is InChI=1S/C17H21NOS/c1-3-8-18(12-16-7-9-20-13-16)17(19)11-15-6-4-5-14(2)10-15/h4-7,9-10,13H,3,8,11-12H2,1-2H3. The van der Waals surface area contributed by atoms with Crippen molar-refractivity contribution in [3.8, 4) is 0 Å². The second kappa shape index (κ2) is 7.25. The van der Waals surface area contributed by atoms with Gasteiger partial charge in [-0.15, -0.1) is 0 Å². The first kappa shape index (κ1) is 14.8. The minimum absolute atomic E-state index is 0.212. The molecule has 1 aromatic carbocycles. The maximum Gasteiger partial charge on any atom is 0.227 e. The van der Waals surface area contributed by atoms with E-state index in [-0.39, 0.29) is 5.91 Å². The number of nitrogens with zero attached hydrogens (tertiary/aromatic N) is 1. The molecule has 2 aromatic rings. The van der Waals surface area contributed by atoms with E-state index >= 15 is 0 Å². The van der Waals surface area contributed by atoms with Gasteiger partial charge in [-0.25, -0.2) is 0 Å². The van der Waals surface area contributed by atoms with Gasteiger partial charge in [0, 0.05) is 13.1 Å². The number of rotatable bonds is 6. The third kappa shape index (κ3) is 4.20. The lowest BCUT2D eigenvalue weighted by Crippen LogP contribution is -2.32. The Labute approximate surface area is 125 Å². The maximum atomic E-state index is 12.5. The molecule has 3 heteroatoms. The molecule has 0 bridgehead atoms. The molecule has 0 spiro atoms. The van der Waals surface area contributed by atoms with Gasteiger partial charge in [-0.1, -0.05) is 36.8 Å². The van der Waals surface area contributed by atoms with Gasteiger partial charge in [-0.3, -0.25) is 4.79 Å². The number of benzene rings is 1. The van der Waals surface area contributed by atoms with Crippen molar-refractivity contribution < 1.29 is 4.79 Å². The van der Waals surface area contributed by atoms with Crippen molar-refractivity contribution in [2.45, 2.75) is 33.2 Å². The summed E-state index contributed by atoms with van der Waals surface area (Å²) >= 11 is 1.68. The third-order valence-corrected chi connectivity index (χ3v) is 3.97. The molecule has 1 aromatic heterocycles. The Morgan fingerprint density at radius 3 is 2.75 bits per heavy atom. The molecule has 0 aliphatic carbocycles. The highest BCUT2D eigenvalue weighted by Crippen LogP contribution is 2.12. The van der Waals surface area contributed by atoms with Crippen LogP contribution in [0.5, 0.6) is 0 Å². The van der Waals surface area contributed by atoms with Gasteiger partial charge >= 0.3 is 0 Å². The van der Waals surface area contributed by atoms with Crippen molar-refractivity contribution in [2.24, 2.45) is 0 Å². The lowest BCUT2D eigenvalue weighted by atomic mass is 10.1. The molecule has 0 saturated heterocycles. The zero-order valence-corrected chi connectivity index (χ0v) is 13.0. The predicted molar refractivity (Wildman–Crippen MR) is 84.9 cm³/mol. The van der Waals surface area contributed by atoms with Crippen LogP contribution in [0.3, 0.4) is 0 Å². The fourth-order valence-corrected chi connectivity index (χ4v) is 2.93. The number of amides is 1. The Hall–Kier alpha value is -1.61. The highest BCUT2D eigenvalue weighted by molar-refractivity contribution is 7.07. The van der Waals surface area contributed by atoms with Gasteiger partial charge in [0.1, 0.15) is 0 Å². The van der Waals surface area contributed by atoms with Gasteiger partial charge in [0.05, 0.1) is 6.42 Å². The lowest BCUT2D eigenvalue weighted by Gasteiger charge is -2.22. The van der Waals surface area contributed by atoms with Crippen LogP contribution in [-0.4, -0.2) is 17.4 Å². The van der Waals surface area contributed by atoms with Gasteiger partial charge in [0.25, 0.3) is 0 Å². The van der Waals surface area contributed by atoms with Crippen LogP contribution in [0.4, 0.5) is 0 Å². The van der Waals surface area contributed by atoms with Gasteiger partial charge in [0.15, 0.2) is 0 Å². The number of aryl methyl sites for hydroxylation is 1. The summed E-state index contributed by atoms with van der Waals surface area (Å²) in [6.07, 6.45) is 1.48. The van der Waals surface area contributed by atoms with E-state index in [1.165, 1.54) is 11.1 Å². The van der Waals surface area contributed by atoms with E-state index in [9.17, 15) is 4.79 Å². The molecule has 0 saturated carbocycles. The molecular weight excluding hydrogens is 266 g/mol. The van der Waals surface area contributed by atoms with E-state index in [4.69, 9.17) is 0 Å². The van der Waals surface area contributed by atoms with Crippen LogP contribution in [0.1, 0.15) is 30.0 Å². The zero-order valence-electron chi connectivity index (χ0n) is 12.1. The fourth-order valence-electron chi connectivity index (χ4n) is 2.27. The highest BCUT2D eigenvalue weighted by atomic mass is 32.1. The first-order chi connectivity index (χ1) is 9.69. The highest BCUT2D eigenvalue weighted by Gasteiger charge is 2.14. The summed E-state index contributed by atoms with van der Waals surface area (Å²) in [6.45, 7) is 5.71. The molecule has 1 amide bonds. The van der Waals surface area contributed by atoms with Crippen LogP contribution in [0.15, 0.2) is 41.1 Å². The Morgan fingerprint density at radius 1 is 1.25 bits per heavy atom. The summed E-state index contributed by atoms with van der Waals surface area (Å²) in [6, 6.07) is 10.3. The van der Waals surface area contributed by atoms with Crippen molar-refractivity contribution in [3.63, 3.8) is 0 Å². The molecule has 0 unspecified atom stereocenters. The first-order valence-electron chi connectivity index (χ1n) is 7.03. The summed E-state index contributed by atoms with van der Waals surface area (Å²) in [5.41, 5.74) is 3.53. The average molecular weight is 287 g/mol. The number of hydrogen-bond acceptors (Lipinski definition) is 2. The van der Waals surface area contributed by atoms with E-state index < -0.39 is 0 Å². The summed E-state index contributed by atoms with van der Waals surface area (Å²) < 4.78 is 0. The molecule has 20 heavy (non-hydrogen) atoms. The van der Waals surface area contributed by atoms with Gasteiger partial charge in [-0.05, 0) is 41.3 Å². The number of carbonyl (C=O) groups is 1. The topological polar surface area (TPSA) is 20.3 Å². The van der Waals surface area contributed by atoms with Crippen LogP contribution in [-0.2, 0) is 17.8 Å². The van der Waals surface area contributed by atoms with E-state index in [1.807, 2.05) is 17.0 Å². The SMILES string of the molecule is CCCN(Cc1ccsc1)C(=O)Cc1cccc(C)c1. The monoisotopic (exact) mass is 287 g/mol.